The number of carbonyl (C=O) groups excluding carboxylic acids is 3. The molecule has 0 aromatic heterocycles. The van der Waals surface area contributed by atoms with Crippen LogP contribution in [0, 0.1) is 0 Å². The monoisotopic (exact) mass is 446 g/mol. The number of esters is 1. The van der Waals surface area contributed by atoms with Crippen LogP contribution < -0.4 is 5.32 Å². The number of nitrogens with one attached hydrogen (secondary N) is 1. The van der Waals surface area contributed by atoms with E-state index in [4.69, 9.17) is 13.6 Å². The Kier molecular flexibility index (Phi) is 9.07. The molecule has 1 N–H and O–H groups in total. The number of likely N-dealkylation sites (N-methyl/N-ethyl adjacent to an activating group) is 1. The lowest BCUT2D eigenvalue weighted by Gasteiger charge is -2.23. The summed E-state index contributed by atoms with van der Waals surface area (Å²) in [5, 5.41) is 2.37. The van der Waals surface area contributed by atoms with E-state index >= 15 is 0 Å². The van der Waals surface area contributed by atoms with Crippen LogP contribution in [-0.4, -0.2) is 48.5 Å². The molecule has 0 saturated carbocycles. The molecule has 1 atom stereocenters. The largest absolute Gasteiger partial charge is 0.461 e. The molecule has 1 aromatic carbocycles. The van der Waals surface area contributed by atoms with Gasteiger partial charge in [0.15, 0.2) is 0 Å². The Balaban J connectivity index is 2.28. The number of aliphatic imine (C=N–C) groups is 1. The van der Waals surface area contributed by atoms with Crippen molar-refractivity contribution in [1.82, 2.24) is 10.2 Å². The number of allylic oxidation sites excluding steroid dienone is 1. The van der Waals surface area contributed by atoms with E-state index in [0.717, 1.165) is 12.8 Å². The van der Waals surface area contributed by atoms with E-state index in [2.05, 4.69) is 10.3 Å². The summed E-state index contributed by atoms with van der Waals surface area (Å²) in [6.07, 6.45) is 6.48. The first-order valence-corrected chi connectivity index (χ1v) is 10.9. The first-order chi connectivity index (χ1) is 16.7. The molecule has 8 heteroatoms. The van der Waals surface area contributed by atoms with Crippen LogP contribution in [0.1, 0.15) is 61.5 Å². The number of ether oxygens (including phenoxy) is 2. The average molecular weight is 447 g/mol. The summed E-state index contributed by atoms with van der Waals surface area (Å²) in [5.41, 5.74) is 0.707. The minimum absolute atomic E-state index is 0.0843. The fourth-order valence-electron chi connectivity index (χ4n) is 3.01. The van der Waals surface area contributed by atoms with Gasteiger partial charge in [0.1, 0.15) is 19.3 Å². The van der Waals surface area contributed by atoms with Gasteiger partial charge in [0, 0.05) is 23.9 Å². The normalized spacial score (nSPS) is 21.5. The fraction of sp³-hybridized carbons (Fsp3) is 0.500. The molecule has 1 aliphatic rings. The third-order valence-corrected chi connectivity index (χ3v) is 4.71. The molecule has 1 aliphatic heterocycles. The zero-order valence-corrected chi connectivity index (χ0v) is 18.4. The lowest BCUT2D eigenvalue weighted by molar-refractivity contribution is -0.149. The third kappa shape index (κ3) is 9.76. The zero-order valence-electron chi connectivity index (χ0n) is 21.4. The minimum atomic E-state index is -2.89. The van der Waals surface area contributed by atoms with Crippen LogP contribution >= 0.6 is 0 Å². The third-order valence-electron chi connectivity index (χ3n) is 4.71. The SMILES string of the molecule is [2H]C([2H])([2H])N1CC(=O)OC(CCCC)CC=CCCCC(=O)NC1=NC(=O)OCc1ccccc1. The second-order valence-corrected chi connectivity index (χ2v) is 7.46. The molecule has 32 heavy (non-hydrogen) atoms. The number of carbonyl (C=O) groups is 3. The van der Waals surface area contributed by atoms with E-state index in [9.17, 15) is 14.4 Å². The van der Waals surface area contributed by atoms with Crippen molar-refractivity contribution in [2.75, 3.05) is 13.5 Å². The van der Waals surface area contributed by atoms with E-state index in [1.165, 1.54) is 0 Å². The summed E-state index contributed by atoms with van der Waals surface area (Å²) in [5.74, 6) is -1.91. The lowest BCUT2D eigenvalue weighted by atomic mass is 10.1. The van der Waals surface area contributed by atoms with Crippen LogP contribution in [-0.2, 0) is 25.7 Å². The van der Waals surface area contributed by atoms with Crippen molar-refractivity contribution in [3.63, 3.8) is 0 Å². The van der Waals surface area contributed by atoms with Crippen LogP contribution in [0.5, 0.6) is 0 Å². The van der Waals surface area contributed by atoms with E-state index in [1.54, 1.807) is 24.3 Å². The number of nitrogens with zero attached hydrogens (tertiary/aromatic N) is 2. The summed E-state index contributed by atoms with van der Waals surface area (Å²) in [4.78, 5) is 41.8. The van der Waals surface area contributed by atoms with Gasteiger partial charge >= 0.3 is 12.1 Å². The number of hydrogen-bond donors (Lipinski definition) is 1. The topological polar surface area (TPSA) is 97.3 Å². The molecular formula is C24H33N3O5. The van der Waals surface area contributed by atoms with Gasteiger partial charge in [-0.15, -0.1) is 4.99 Å². The summed E-state index contributed by atoms with van der Waals surface area (Å²) in [6, 6.07) is 8.86. The maximum absolute atomic E-state index is 12.7. The highest BCUT2D eigenvalue weighted by molar-refractivity contribution is 6.01. The highest BCUT2D eigenvalue weighted by Gasteiger charge is 2.20. The molecule has 2 amide bonds. The Hall–Kier alpha value is -3.16. The van der Waals surface area contributed by atoms with Crippen molar-refractivity contribution < 1.29 is 28.0 Å². The average Bonchev–Trinajstić information content (AvgIpc) is 2.80. The predicted molar refractivity (Wildman–Crippen MR) is 122 cm³/mol. The van der Waals surface area contributed by atoms with Gasteiger partial charge in [0.05, 0.1) is 0 Å². The molecule has 0 fully saturated rings. The van der Waals surface area contributed by atoms with Crippen molar-refractivity contribution in [1.29, 1.82) is 0 Å². The molecular weight excluding hydrogens is 410 g/mol. The van der Waals surface area contributed by atoms with E-state index in [-0.39, 0.29) is 13.0 Å². The van der Waals surface area contributed by atoms with Gasteiger partial charge in [-0.1, -0.05) is 62.2 Å². The van der Waals surface area contributed by atoms with E-state index in [1.807, 2.05) is 25.1 Å². The van der Waals surface area contributed by atoms with Crippen LogP contribution in [0.4, 0.5) is 4.79 Å². The summed E-state index contributed by atoms with van der Waals surface area (Å²) in [6.45, 7) is -1.68. The Morgan fingerprint density at radius 1 is 1.31 bits per heavy atom. The molecule has 1 aromatic rings. The van der Waals surface area contributed by atoms with Crippen molar-refractivity contribution in [3.8, 4) is 0 Å². The van der Waals surface area contributed by atoms with Crippen molar-refractivity contribution in [3.05, 3.63) is 48.0 Å². The highest BCUT2D eigenvalue weighted by atomic mass is 16.5. The Morgan fingerprint density at radius 3 is 2.88 bits per heavy atom. The summed E-state index contributed by atoms with van der Waals surface area (Å²) >= 11 is 0. The van der Waals surface area contributed by atoms with Crippen LogP contribution in [0.3, 0.4) is 0 Å². The fourth-order valence-corrected chi connectivity index (χ4v) is 3.01. The molecule has 8 nitrogen and oxygen atoms in total. The second kappa shape index (κ2) is 14.0. The molecule has 0 saturated heterocycles. The van der Waals surface area contributed by atoms with Gasteiger partial charge in [0.2, 0.25) is 11.9 Å². The Labute approximate surface area is 193 Å². The van der Waals surface area contributed by atoms with Gasteiger partial charge in [-0.3, -0.25) is 14.9 Å². The molecule has 0 aliphatic carbocycles. The predicted octanol–water partition coefficient (Wildman–Crippen LogP) is 3.96. The van der Waals surface area contributed by atoms with Crippen molar-refractivity contribution in [2.24, 2.45) is 4.99 Å². The van der Waals surface area contributed by atoms with E-state index in [0.29, 0.717) is 36.1 Å². The lowest BCUT2D eigenvalue weighted by Crippen LogP contribution is -2.45. The number of rotatable bonds is 5. The molecule has 2 rings (SSSR count). The van der Waals surface area contributed by atoms with Gasteiger partial charge < -0.3 is 14.4 Å². The number of benzene rings is 1. The smallest absolute Gasteiger partial charge is 0.437 e. The maximum atomic E-state index is 12.7. The molecule has 1 heterocycles. The van der Waals surface area contributed by atoms with E-state index < -0.39 is 43.6 Å². The number of guanidine groups is 1. The molecule has 174 valence electrons. The number of hydrogen-bond acceptors (Lipinski definition) is 5. The van der Waals surface area contributed by atoms with Crippen molar-refractivity contribution in [2.45, 2.75) is 64.6 Å². The molecule has 1 unspecified atom stereocenters. The minimum Gasteiger partial charge on any atom is -0.461 e. The summed E-state index contributed by atoms with van der Waals surface area (Å²) in [7, 11) is 0. The van der Waals surface area contributed by atoms with Gasteiger partial charge in [0.25, 0.3) is 0 Å². The Morgan fingerprint density at radius 2 is 2.12 bits per heavy atom. The highest BCUT2D eigenvalue weighted by Crippen LogP contribution is 2.12. The quantitative estimate of drug-likeness (QED) is 0.543. The standard InChI is InChI=1S/C24H33N3O5/c1-3-4-14-20-15-10-5-6-11-16-21(28)25-23(27(2)17-22(29)32-20)26-24(30)31-18-19-12-8-7-9-13-19/h5,7-10,12-13,20H,3-4,6,11,14-18H2,1-2H3,(H,25,26,28,30)/i2D3. The van der Waals surface area contributed by atoms with Gasteiger partial charge in [-0.05, 0) is 24.8 Å². The maximum Gasteiger partial charge on any atom is 0.437 e. The number of cyclic esters (lactones) is 1. The molecule has 0 bridgehead atoms. The first kappa shape index (κ1) is 20.7. The second-order valence-electron chi connectivity index (χ2n) is 7.46. The van der Waals surface area contributed by atoms with Crippen LogP contribution in [0.25, 0.3) is 0 Å². The zero-order chi connectivity index (χ0) is 25.7. The summed E-state index contributed by atoms with van der Waals surface area (Å²) < 4.78 is 34.3. The van der Waals surface area contributed by atoms with Crippen LogP contribution in [0.2, 0.25) is 0 Å². The molecule has 0 radical (unpaired) electrons. The van der Waals surface area contributed by atoms with Crippen molar-refractivity contribution >= 4 is 23.9 Å². The molecule has 0 spiro atoms. The van der Waals surface area contributed by atoms with Gasteiger partial charge in [-0.25, -0.2) is 4.79 Å². The number of amides is 2. The Bertz CT molecular complexity index is 903. The first-order valence-electron chi connectivity index (χ1n) is 12.4. The van der Waals surface area contributed by atoms with Gasteiger partial charge in [-0.2, -0.15) is 0 Å². The van der Waals surface area contributed by atoms with Crippen LogP contribution in [0.15, 0.2) is 47.5 Å². The number of unbranched alkanes of at least 4 members (excludes halogenated alkanes) is 1.